The molecule has 0 unspecified atom stereocenters. The highest BCUT2D eigenvalue weighted by atomic mass is 32.2. The SMILES string of the molecule is CN(C)CCn1c2c(c(SCC(=O)Nc3ccc(C(N)=O)cc3)nc1=O)CCC2. The van der Waals surface area contributed by atoms with Crippen molar-refractivity contribution in [3.8, 4) is 0 Å². The minimum absolute atomic E-state index is 0.151. The van der Waals surface area contributed by atoms with Crippen LogP contribution < -0.4 is 16.7 Å². The molecule has 29 heavy (non-hydrogen) atoms. The van der Waals surface area contributed by atoms with Crippen molar-refractivity contribution in [3.63, 3.8) is 0 Å². The number of thioether (sulfide) groups is 1. The van der Waals surface area contributed by atoms with E-state index in [2.05, 4.69) is 10.3 Å². The summed E-state index contributed by atoms with van der Waals surface area (Å²) in [6.45, 7) is 1.39. The summed E-state index contributed by atoms with van der Waals surface area (Å²) in [5.74, 6) is -0.566. The third kappa shape index (κ3) is 5.24. The van der Waals surface area contributed by atoms with Gasteiger partial charge in [0.05, 0.1) is 5.75 Å². The Bertz CT molecular complexity index is 969. The molecule has 8 nitrogen and oxygen atoms in total. The highest BCUT2D eigenvalue weighted by molar-refractivity contribution is 8.00. The molecule has 0 saturated heterocycles. The molecule has 1 heterocycles. The first-order chi connectivity index (χ1) is 13.8. The van der Waals surface area contributed by atoms with Gasteiger partial charge in [-0.1, -0.05) is 11.8 Å². The zero-order chi connectivity index (χ0) is 21.0. The number of rotatable bonds is 8. The number of primary amides is 1. The van der Waals surface area contributed by atoms with Crippen LogP contribution in [0.15, 0.2) is 34.1 Å². The van der Waals surface area contributed by atoms with Gasteiger partial charge in [-0.05, 0) is 57.6 Å². The Labute approximate surface area is 173 Å². The van der Waals surface area contributed by atoms with E-state index in [0.717, 1.165) is 37.1 Å². The van der Waals surface area contributed by atoms with Crippen molar-refractivity contribution in [3.05, 3.63) is 51.6 Å². The average molecular weight is 416 g/mol. The molecule has 3 N–H and O–H groups in total. The van der Waals surface area contributed by atoms with E-state index in [1.807, 2.05) is 19.0 Å². The number of likely N-dealkylation sites (N-methyl/N-ethyl adjacent to an activating group) is 1. The van der Waals surface area contributed by atoms with E-state index < -0.39 is 5.91 Å². The van der Waals surface area contributed by atoms with Crippen LogP contribution in [0.5, 0.6) is 0 Å². The molecular formula is C20H25N5O3S. The van der Waals surface area contributed by atoms with Crippen molar-refractivity contribution in [2.24, 2.45) is 5.73 Å². The fourth-order valence-electron chi connectivity index (χ4n) is 3.28. The zero-order valence-electron chi connectivity index (χ0n) is 16.6. The lowest BCUT2D eigenvalue weighted by atomic mass is 10.2. The maximum absolute atomic E-state index is 12.5. The van der Waals surface area contributed by atoms with E-state index in [4.69, 9.17) is 5.73 Å². The minimum Gasteiger partial charge on any atom is -0.366 e. The number of amides is 2. The van der Waals surface area contributed by atoms with Gasteiger partial charge < -0.3 is 16.0 Å². The van der Waals surface area contributed by atoms with Gasteiger partial charge in [-0.25, -0.2) is 4.79 Å². The molecule has 3 rings (SSSR count). The molecule has 1 aromatic carbocycles. The maximum atomic E-state index is 12.5. The summed E-state index contributed by atoms with van der Waals surface area (Å²) >= 11 is 1.29. The minimum atomic E-state index is -0.515. The molecule has 2 aromatic rings. The first-order valence-corrected chi connectivity index (χ1v) is 10.4. The molecule has 0 atom stereocenters. The van der Waals surface area contributed by atoms with Crippen LogP contribution in [0.3, 0.4) is 0 Å². The summed E-state index contributed by atoms with van der Waals surface area (Å²) in [4.78, 5) is 42.2. The quantitative estimate of drug-likeness (QED) is 0.494. The summed E-state index contributed by atoms with van der Waals surface area (Å²) in [6.07, 6.45) is 2.74. The Morgan fingerprint density at radius 1 is 1.24 bits per heavy atom. The fraction of sp³-hybridized carbons (Fsp3) is 0.400. The van der Waals surface area contributed by atoms with Gasteiger partial charge in [-0.2, -0.15) is 4.98 Å². The molecule has 0 spiro atoms. The van der Waals surface area contributed by atoms with E-state index in [1.54, 1.807) is 28.8 Å². The van der Waals surface area contributed by atoms with Crippen molar-refractivity contribution in [1.82, 2.24) is 14.5 Å². The summed E-state index contributed by atoms with van der Waals surface area (Å²) < 4.78 is 1.77. The second kappa shape index (κ2) is 9.23. The second-order valence-corrected chi connectivity index (χ2v) is 8.18. The van der Waals surface area contributed by atoms with Crippen molar-refractivity contribution in [2.75, 3.05) is 31.7 Å². The summed E-state index contributed by atoms with van der Waals surface area (Å²) in [6, 6.07) is 6.38. The number of carbonyl (C=O) groups is 2. The number of nitrogens with zero attached hydrogens (tertiary/aromatic N) is 3. The third-order valence-electron chi connectivity index (χ3n) is 4.76. The van der Waals surface area contributed by atoms with Gasteiger partial charge in [-0.3, -0.25) is 14.2 Å². The molecule has 0 bridgehead atoms. The lowest BCUT2D eigenvalue weighted by Crippen LogP contribution is -2.31. The number of aromatic nitrogens is 2. The van der Waals surface area contributed by atoms with E-state index in [-0.39, 0.29) is 17.3 Å². The zero-order valence-corrected chi connectivity index (χ0v) is 17.4. The smallest absolute Gasteiger partial charge is 0.348 e. The van der Waals surface area contributed by atoms with Gasteiger partial charge in [0.15, 0.2) is 0 Å². The third-order valence-corrected chi connectivity index (χ3v) is 5.78. The first kappa shape index (κ1) is 21.1. The molecule has 154 valence electrons. The van der Waals surface area contributed by atoms with Gasteiger partial charge >= 0.3 is 5.69 Å². The van der Waals surface area contributed by atoms with Crippen molar-refractivity contribution in [1.29, 1.82) is 0 Å². The van der Waals surface area contributed by atoms with Crippen molar-refractivity contribution < 1.29 is 9.59 Å². The summed E-state index contributed by atoms with van der Waals surface area (Å²) in [7, 11) is 3.95. The number of hydrogen-bond donors (Lipinski definition) is 2. The first-order valence-electron chi connectivity index (χ1n) is 9.45. The highest BCUT2D eigenvalue weighted by Gasteiger charge is 2.22. The maximum Gasteiger partial charge on any atom is 0.348 e. The molecule has 2 amide bonds. The summed E-state index contributed by atoms with van der Waals surface area (Å²) in [5, 5.41) is 3.43. The van der Waals surface area contributed by atoms with Crippen molar-refractivity contribution in [2.45, 2.75) is 30.8 Å². The summed E-state index contributed by atoms with van der Waals surface area (Å²) in [5.41, 5.74) is 8.06. The molecule has 1 aliphatic carbocycles. The van der Waals surface area contributed by atoms with Crippen LogP contribution >= 0.6 is 11.8 Å². The van der Waals surface area contributed by atoms with E-state index in [1.165, 1.54) is 11.8 Å². The lowest BCUT2D eigenvalue weighted by molar-refractivity contribution is -0.113. The van der Waals surface area contributed by atoms with Crippen LogP contribution in [0, 0.1) is 0 Å². The molecule has 0 fully saturated rings. The van der Waals surface area contributed by atoms with E-state index in [0.29, 0.717) is 22.8 Å². The van der Waals surface area contributed by atoms with Gasteiger partial charge in [0, 0.05) is 35.6 Å². The molecular weight excluding hydrogens is 390 g/mol. The average Bonchev–Trinajstić information content (AvgIpc) is 3.15. The number of nitrogens with two attached hydrogens (primary N) is 1. The molecule has 9 heteroatoms. The second-order valence-electron chi connectivity index (χ2n) is 7.21. The molecule has 1 aromatic heterocycles. The van der Waals surface area contributed by atoms with Crippen LogP contribution in [0.4, 0.5) is 5.69 Å². The Balaban J connectivity index is 1.66. The number of carbonyl (C=O) groups excluding carboxylic acids is 2. The largest absolute Gasteiger partial charge is 0.366 e. The number of hydrogen-bond acceptors (Lipinski definition) is 6. The van der Waals surface area contributed by atoms with Crippen molar-refractivity contribution >= 4 is 29.3 Å². The number of fused-ring (bicyclic) bond motifs is 1. The molecule has 0 radical (unpaired) electrons. The van der Waals surface area contributed by atoms with Crippen LogP contribution in [0.25, 0.3) is 0 Å². The number of anilines is 1. The number of benzene rings is 1. The number of nitrogens with one attached hydrogen (secondary N) is 1. The van der Waals surface area contributed by atoms with Gasteiger partial charge in [-0.15, -0.1) is 0 Å². The normalized spacial score (nSPS) is 12.8. The highest BCUT2D eigenvalue weighted by Crippen LogP contribution is 2.29. The van der Waals surface area contributed by atoms with Crippen LogP contribution in [0.1, 0.15) is 28.0 Å². The Hall–Kier alpha value is -2.65. The van der Waals surface area contributed by atoms with Crippen LogP contribution in [0.2, 0.25) is 0 Å². The van der Waals surface area contributed by atoms with E-state index in [9.17, 15) is 14.4 Å². The van der Waals surface area contributed by atoms with Crippen LogP contribution in [-0.2, 0) is 24.2 Å². The van der Waals surface area contributed by atoms with Gasteiger partial charge in [0.25, 0.3) is 0 Å². The molecule has 0 aliphatic heterocycles. The molecule has 0 saturated carbocycles. The monoisotopic (exact) mass is 415 g/mol. The lowest BCUT2D eigenvalue weighted by Gasteiger charge is -2.16. The molecule has 1 aliphatic rings. The standard InChI is InChI=1S/C20H25N5O3S/c1-24(2)10-11-25-16-5-3-4-15(16)19(23-20(25)28)29-12-17(26)22-14-8-6-13(7-9-14)18(21)27/h6-9H,3-5,10-12H2,1-2H3,(H2,21,27)(H,22,26). The van der Waals surface area contributed by atoms with Gasteiger partial charge in [0.2, 0.25) is 11.8 Å². The Kier molecular flexibility index (Phi) is 6.71. The van der Waals surface area contributed by atoms with Gasteiger partial charge in [0.1, 0.15) is 5.03 Å². The predicted octanol–water partition coefficient (Wildman–Crippen LogP) is 1.12. The van der Waals surface area contributed by atoms with E-state index >= 15 is 0 Å². The predicted molar refractivity (Wildman–Crippen MR) is 113 cm³/mol. The Morgan fingerprint density at radius 2 is 1.97 bits per heavy atom. The fourth-order valence-corrected chi connectivity index (χ4v) is 4.16. The topological polar surface area (TPSA) is 110 Å². The Morgan fingerprint density at radius 3 is 2.62 bits per heavy atom. The van der Waals surface area contributed by atoms with Crippen LogP contribution in [-0.4, -0.2) is 52.7 Å².